The van der Waals surface area contributed by atoms with E-state index >= 15 is 0 Å². The van der Waals surface area contributed by atoms with Crippen molar-refractivity contribution in [3.63, 3.8) is 0 Å². The van der Waals surface area contributed by atoms with Crippen LogP contribution >= 0.6 is 0 Å². The minimum absolute atomic E-state index is 0.0338. The lowest BCUT2D eigenvalue weighted by Crippen LogP contribution is -2.54. The van der Waals surface area contributed by atoms with E-state index in [9.17, 15) is 4.79 Å². The minimum atomic E-state index is 0.0338. The average Bonchev–Trinajstić information content (AvgIpc) is 2.31. The van der Waals surface area contributed by atoms with Gasteiger partial charge in [0.05, 0.1) is 6.04 Å². The minimum Gasteiger partial charge on any atom is -0.351 e. The molecule has 1 aliphatic heterocycles. The van der Waals surface area contributed by atoms with Gasteiger partial charge in [-0.1, -0.05) is 33.6 Å². The second-order valence-electron chi connectivity index (χ2n) is 6.93. The molecule has 104 valence electrons. The quantitative estimate of drug-likeness (QED) is 0.792. The van der Waals surface area contributed by atoms with Crippen LogP contribution in [-0.4, -0.2) is 24.5 Å². The molecule has 1 saturated heterocycles. The first-order chi connectivity index (χ1) is 8.49. The average molecular weight is 252 g/mol. The zero-order chi connectivity index (χ0) is 13.2. The number of hydrogen-bond acceptors (Lipinski definition) is 2. The van der Waals surface area contributed by atoms with E-state index in [0.29, 0.717) is 12.0 Å². The highest BCUT2D eigenvalue weighted by molar-refractivity contribution is 5.82. The highest BCUT2D eigenvalue weighted by Crippen LogP contribution is 2.35. The molecule has 1 aliphatic carbocycles. The zero-order valence-electron chi connectivity index (χ0n) is 12.1. The fourth-order valence-electron chi connectivity index (χ4n) is 3.34. The number of piperidine rings is 1. The van der Waals surface area contributed by atoms with Crippen molar-refractivity contribution >= 4 is 5.91 Å². The largest absolute Gasteiger partial charge is 0.351 e. The standard InChI is InChI=1S/C15H28N2O/c1-11-7-9-16-12(10-11)14(18)17-13-6-4-5-8-15(13,2)3/h11-13,16H,4-10H2,1-3H3,(H,17,18). The van der Waals surface area contributed by atoms with Gasteiger partial charge < -0.3 is 10.6 Å². The Morgan fingerprint density at radius 2 is 2.06 bits per heavy atom. The molecule has 0 aromatic rings. The summed E-state index contributed by atoms with van der Waals surface area (Å²) in [5, 5.41) is 6.65. The molecule has 0 aromatic carbocycles. The maximum Gasteiger partial charge on any atom is 0.237 e. The highest BCUT2D eigenvalue weighted by Gasteiger charge is 2.35. The highest BCUT2D eigenvalue weighted by atomic mass is 16.2. The van der Waals surface area contributed by atoms with Gasteiger partial charge in [-0.3, -0.25) is 4.79 Å². The van der Waals surface area contributed by atoms with Crippen LogP contribution in [0, 0.1) is 11.3 Å². The molecule has 0 aromatic heterocycles. The number of carbonyl (C=O) groups is 1. The number of nitrogens with one attached hydrogen (secondary N) is 2. The van der Waals surface area contributed by atoms with E-state index < -0.39 is 0 Å². The predicted molar refractivity (Wildman–Crippen MR) is 74.4 cm³/mol. The molecule has 0 radical (unpaired) electrons. The van der Waals surface area contributed by atoms with Gasteiger partial charge in [0.25, 0.3) is 0 Å². The summed E-state index contributed by atoms with van der Waals surface area (Å²) in [5.41, 5.74) is 0.258. The Labute approximate surface area is 111 Å². The van der Waals surface area contributed by atoms with Crippen LogP contribution < -0.4 is 10.6 Å². The van der Waals surface area contributed by atoms with Crippen LogP contribution in [0.4, 0.5) is 0 Å². The summed E-state index contributed by atoms with van der Waals surface area (Å²) in [7, 11) is 0. The van der Waals surface area contributed by atoms with Crippen LogP contribution in [0.5, 0.6) is 0 Å². The zero-order valence-corrected chi connectivity index (χ0v) is 12.1. The molecule has 3 atom stereocenters. The fraction of sp³-hybridized carbons (Fsp3) is 0.933. The number of rotatable bonds is 2. The summed E-state index contributed by atoms with van der Waals surface area (Å²) in [6.07, 6.45) is 7.10. The van der Waals surface area contributed by atoms with E-state index in [4.69, 9.17) is 0 Å². The second kappa shape index (κ2) is 5.60. The Bertz CT molecular complexity index is 301. The summed E-state index contributed by atoms with van der Waals surface area (Å²) in [5.74, 6) is 0.892. The van der Waals surface area contributed by atoms with Crippen LogP contribution in [0.2, 0.25) is 0 Å². The van der Waals surface area contributed by atoms with Crippen molar-refractivity contribution in [3.05, 3.63) is 0 Å². The molecule has 18 heavy (non-hydrogen) atoms. The van der Waals surface area contributed by atoms with Gasteiger partial charge in [0, 0.05) is 6.04 Å². The third-order valence-corrected chi connectivity index (χ3v) is 4.81. The van der Waals surface area contributed by atoms with Crippen molar-refractivity contribution < 1.29 is 4.79 Å². The molecule has 1 saturated carbocycles. The van der Waals surface area contributed by atoms with Crippen molar-refractivity contribution in [2.24, 2.45) is 11.3 Å². The fourth-order valence-corrected chi connectivity index (χ4v) is 3.34. The van der Waals surface area contributed by atoms with Crippen molar-refractivity contribution in [3.8, 4) is 0 Å². The molecule has 3 unspecified atom stereocenters. The van der Waals surface area contributed by atoms with E-state index in [2.05, 4.69) is 31.4 Å². The lowest BCUT2D eigenvalue weighted by atomic mass is 9.73. The molecule has 0 spiro atoms. The van der Waals surface area contributed by atoms with Crippen LogP contribution in [0.3, 0.4) is 0 Å². The summed E-state index contributed by atoms with van der Waals surface area (Å²) in [6.45, 7) is 7.79. The summed E-state index contributed by atoms with van der Waals surface area (Å²) in [6, 6.07) is 0.393. The van der Waals surface area contributed by atoms with Gasteiger partial charge in [0.2, 0.25) is 5.91 Å². The molecule has 2 aliphatic rings. The molecular formula is C15H28N2O. The van der Waals surface area contributed by atoms with E-state index in [1.807, 2.05) is 0 Å². The number of carbonyl (C=O) groups excluding carboxylic acids is 1. The van der Waals surface area contributed by atoms with Crippen molar-refractivity contribution in [2.45, 2.75) is 71.4 Å². The molecule has 2 rings (SSSR count). The third-order valence-electron chi connectivity index (χ3n) is 4.81. The smallest absolute Gasteiger partial charge is 0.237 e. The Morgan fingerprint density at radius 1 is 1.28 bits per heavy atom. The molecule has 1 heterocycles. The Morgan fingerprint density at radius 3 is 2.72 bits per heavy atom. The lowest BCUT2D eigenvalue weighted by molar-refractivity contribution is -0.126. The maximum atomic E-state index is 12.3. The lowest BCUT2D eigenvalue weighted by Gasteiger charge is -2.40. The molecule has 3 heteroatoms. The van der Waals surface area contributed by atoms with Gasteiger partial charge in [0.15, 0.2) is 0 Å². The second-order valence-corrected chi connectivity index (χ2v) is 6.93. The predicted octanol–water partition coefficient (Wildman–Crippen LogP) is 2.46. The van der Waals surface area contributed by atoms with Gasteiger partial charge in [-0.25, -0.2) is 0 Å². The normalized spacial score (nSPS) is 36.1. The number of amides is 1. The summed E-state index contributed by atoms with van der Waals surface area (Å²) >= 11 is 0. The maximum absolute atomic E-state index is 12.3. The van der Waals surface area contributed by atoms with E-state index in [-0.39, 0.29) is 17.4 Å². The first-order valence-corrected chi connectivity index (χ1v) is 7.53. The molecule has 3 nitrogen and oxygen atoms in total. The van der Waals surface area contributed by atoms with E-state index in [0.717, 1.165) is 19.4 Å². The molecular weight excluding hydrogens is 224 g/mol. The van der Waals surface area contributed by atoms with Gasteiger partial charge in [-0.15, -0.1) is 0 Å². The molecule has 1 amide bonds. The summed E-state index contributed by atoms with van der Waals surface area (Å²) < 4.78 is 0. The van der Waals surface area contributed by atoms with Crippen LogP contribution in [-0.2, 0) is 4.79 Å². The van der Waals surface area contributed by atoms with Gasteiger partial charge in [-0.05, 0) is 43.6 Å². The van der Waals surface area contributed by atoms with Crippen LogP contribution in [0.1, 0.15) is 59.3 Å². The van der Waals surface area contributed by atoms with E-state index in [1.165, 1.54) is 25.7 Å². The van der Waals surface area contributed by atoms with Crippen LogP contribution in [0.25, 0.3) is 0 Å². The van der Waals surface area contributed by atoms with Crippen molar-refractivity contribution in [1.82, 2.24) is 10.6 Å². The molecule has 2 N–H and O–H groups in total. The Kier molecular flexibility index (Phi) is 4.31. The topological polar surface area (TPSA) is 41.1 Å². The van der Waals surface area contributed by atoms with Crippen LogP contribution in [0.15, 0.2) is 0 Å². The van der Waals surface area contributed by atoms with E-state index in [1.54, 1.807) is 0 Å². The molecule has 0 bridgehead atoms. The first-order valence-electron chi connectivity index (χ1n) is 7.53. The monoisotopic (exact) mass is 252 g/mol. The SMILES string of the molecule is CC1CCNC(C(=O)NC2CCCCC2(C)C)C1. The van der Waals surface area contributed by atoms with Crippen molar-refractivity contribution in [1.29, 1.82) is 0 Å². The van der Waals surface area contributed by atoms with Gasteiger partial charge >= 0.3 is 0 Å². The Hall–Kier alpha value is -0.570. The van der Waals surface area contributed by atoms with Gasteiger partial charge in [-0.2, -0.15) is 0 Å². The first kappa shape index (κ1) is 13.9. The van der Waals surface area contributed by atoms with Gasteiger partial charge in [0.1, 0.15) is 0 Å². The number of hydrogen-bond donors (Lipinski definition) is 2. The third kappa shape index (κ3) is 3.25. The van der Waals surface area contributed by atoms with Crippen molar-refractivity contribution in [2.75, 3.05) is 6.54 Å². The molecule has 2 fully saturated rings. The summed E-state index contributed by atoms with van der Waals surface area (Å²) in [4.78, 5) is 12.3. The Balaban J connectivity index is 1.89.